The van der Waals surface area contributed by atoms with Crippen molar-refractivity contribution in [1.29, 1.82) is 0 Å². The number of hydrogen-bond acceptors (Lipinski definition) is 5. The minimum atomic E-state index is -3.57. The molecule has 134 valence electrons. The van der Waals surface area contributed by atoms with Crippen LogP contribution < -0.4 is 14.4 Å². The standard InChI is InChI=1S/C15H21ClN2O5S/c1-22-13-6-5-11(16)10-12(13)18(24(2,20)21)8-7-17-15(19)14-4-3-9-23-14/h5-6,10,14H,3-4,7-9H2,1-2H3,(H,17,19). The lowest BCUT2D eigenvalue weighted by Crippen LogP contribution is -2.41. The number of benzene rings is 1. The van der Waals surface area contributed by atoms with Gasteiger partial charge in [0.1, 0.15) is 11.9 Å². The molecule has 1 aliphatic rings. The quantitative estimate of drug-likeness (QED) is 0.777. The van der Waals surface area contributed by atoms with Crippen LogP contribution in [0, 0.1) is 0 Å². The zero-order valence-electron chi connectivity index (χ0n) is 13.6. The number of amides is 1. The maximum atomic E-state index is 12.1. The molecule has 0 aromatic heterocycles. The van der Waals surface area contributed by atoms with Crippen LogP contribution in [0.25, 0.3) is 0 Å². The van der Waals surface area contributed by atoms with Gasteiger partial charge in [-0.3, -0.25) is 9.10 Å². The van der Waals surface area contributed by atoms with Gasteiger partial charge in [-0.2, -0.15) is 0 Å². The fraction of sp³-hybridized carbons (Fsp3) is 0.533. The van der Waals surface area contributed by atoms with E-state index in [1.165, 1.54) is 13.2 Å². The number of carbonyl (C=O) groups excluding carboxylic acids is 1. The minimum Gasteiger partial charge on any atom is -0.495 e. The van der Waals surface area contributed by atoms with E-state index in [0.29, 0.717) is 29.5 Å². The Morgan fingerprint density at radius 1 is 1.50 bits per heavy atom. The summed E-state index contributed by atoms with van der Waals surface area (Å²) in [5, 5.41) is 3.10. The van der Waals surface area contributed by atoms with E-state index in [1.54, 1.807) is 12.1 Å². The number of ether oxygens (including phenoxy) is 2. The van der Waals surface area contributed by atoms with Crippen molar-refractivity contribution in [1.82, 2.24) is 5.32 Å². The van der Waals surface area contributed by atoms with Gasteiger partial charge in [-0.05, 0) is 31.0 Å². The van der Waals surface area contributed by atoms with Crippen molar-refractivity contribution in [3.05, 3.63) is 23.2 Å². The first-order chi connectivity index (χ1) is 11.3. The van der Waals surface area contributed by atoms with Gasteiger partial charge < -0.3 is 14.8 Å². The van der Waals surface area contributed by atoms with Crippen molar-refractivity contribution < 1.29 is 22.7 Å². The van der Waals surface area contributed by atoms with Gasteiger partial charge in [0.25, 0.3) is 0 Å². The van der Waals surface area contributed by atoms with Gasteiger partial charge in [-0.25, -0.2) is 8.42 Å². The number of carbonyl (C=O) groups is 1. The van der Waals surface area contributed by atoms with Crippen LogP contribution in [0.2, 0.25) is 5.02 Å². The van der Waals surface area contributed by atoms with E-state index in [-0.39, 0.29) is 19.0 Å². The third kappa shape index (κ3) is 4.75. The molecule has 1 unspecified atom stereocenters. The summed E-state index contributed by atoms with van der Waals surface area (Å²) in [7, 11) is -2.12. The molecule has 0 radical (unpaired) electrons. The molecular weight excluding hydrogens is 356 g/mol. The van der Waals surface area contributed by atoms with Gasteiger partial charge in [0.05, 0.1) is 25.6 Å². The molecule has 7 nitrogen and oxygen atoms in total. The van der Waals surface area contributed by atoms with Gasteiger partial charge in [0, 0.05) is 18.2 Å². The number of sulfonamides is 1. The summed E-state index contributed by atoms with van der Waals surface area (Å²) in [6.07, 6.45) is 2.18. The zero-order valence-corrected chi connectivity index (χ0v) is 15.2. The van der Waals surface area contributed by atoms with Crippen molar-refractivity contribution in [2.24, 2.45) is 0 Å². The highest BCUT2D eigenvalue weighted by molar-refractivity contribution is 7.92. The first kappa shape index (κ1) is 18.8. The summed E-state index contributed by atoms with van der Waals surface area (Å²) in [4.78, 5) is 11.9. The smallest absolute Gasteiger partial charge is 0.249 e. The van der Waals surface area contributed by atoms with Crippen molar-refractivity contribution >= 4 is 33.2 Å². The number of nitrogens with one attached hydrogen (secondary N) is 1. The van der Waals surface area contributed by atoms with E-state index in [9.17, 15) is 13.2 Å². The average Bonchev–Trinajstić information content (AvgIpc) is 3.04. The Hall–Kier alpha value is -1.51. The van der Waals surface area contributed by atoms with Gasteiger partial charge in [-0.1, -0.05) is 11.6 Å². The molecule has 1 aromatic carbocycles. The lowest BCUT2D eigenvalue weighted by molar-refractivity contribution is -0.129. The van der Waals surface area contributed by atoms with Crippen LogP contribution in [-0.2, 0) is 19.6 Å². The molecule has 2 rings (SSSR count). The molecule has 1 aliphatic heterocycles. The number of methoxy groups -OCH3 is 1. The molecule has 1 N–H and O–H groups in total. The van der Waals surface area contributed by atoms with Crippen molar-refractivity contribution in [2.45, 2.75) is 18.9 Å². The number of halogens is 1. The lowest BCUT2D eigenvalue weighted by atomic mass is 10.2. The van der Waals surface area contributed by atoms with Crippen LogP contribution in [-0.4, -0.2) is 53.5 Å². The van der Waals surface area contributed by atoms with Crippen LogP contribution >= 0.6 is 11.6 Å². The van der Waals surface area contributed by atoms with Gasteiger partial charge >= 0.3 is 0 Å². The summed E-state index contributed by atoms with van der Waals surface area (Å²) < 4.78 is 35.9. The van der Waals surface area contributed by atoms with Crippen LogP contribution in [0.4, 0.5) is 5.69 Å². The number of hydrogen-bond donors (Lipinski definition) is 1. The topological polar surface area (TPSA) is 84.9 Å². The highest BCUT2D eigenvalue weighted by Gasteiger charge is 2.25. The predicted molar refractivity (Wildman–Crippen MR) is 92.2 cm³/mol. The van der Waals surface area contributed by atoms with Crippen molar-refractivity contribution in [3.63, 3.8) is 0 Å². The summed E-state index contributed by atoms with van der Waals surface area (Å²) in [6.45, 7) is 0.794. The average molecular weight is 377 g/mol. The Kier molecular flexibility index (Phi) is 6.31. The van der Waals surface area contributed by atoms with E-state index in [2.05, 4.69) is 5.32 Å². The molecule has 1 amide bonds. The second kappa shape index (κ2) is 8.04. The fourth-order valence-corrected chi connectivity index (χ4v) is 3.59. The third-order valence-corrected chi connectivity index (χ3v) is 5.06. The summed E-state index contributed by atoms with van der Waals surface area (Å²) in [6, 6.07) is 4.73. The van der Waals surface area contributed by atoms with E-state index in [1.807, 2.05) is 0 Å². The molecule has 1 heterocycles. The van der Waals surface area contributed by atoms with Crippen LogP contribution in [0.15, 0.2) is 18.2 Å². The van der Waals surface area contributed by atoms with Crippen LogP contribution in [0.5, 0.6) is 5.75 Å². The molecular formula is C15H21ClN2O5S. The molecule has 0 spiro atoms. The second-order valence-electron chi connectivity index (χ2n) is 5.44. The van der Waals surface area contributed by atoms with E-state index in [0.717, 1.165) is 17.0 Å². The molecule has 0 saturated carbocycles. The molecule has 1 saturated heterocycles. The minimum absolute atomic E-state index is 0.0635. The van der Waals surface area contributed by atoms with Crippen LogP contribution in [0.1, 0.15) is 12.8 Å². The van der Waals surface area contributed by atoms with Gasteiger partial charge in [0.15, 0.2) is 0 Å². The SMILES string of the molecule is COc1ccc(Cl)cc1N(CCNC(=O)C1CCCO1)S(C)(=O)=O. The fourth-order valence-electron chi connectivity index (χ4n) is 2.50. The monoisotopic (exact) mass is 376 g/mol. The maximum Gasteiger partial charge on any atom is 0.249 e. The number of rotatable bonds is 7. The lowest BCUT2D eigenvalue weighted by Gasteiger charge is -2.24. The molecule has 0 bridgehead atoms. The summed E-state index contributed by atoms with van der Waals surface area (Å²) in [5.74, 6) is 0.161. The maximum absolute atomic E-state index is 12.1. The van der Waals surface area contributed by atoms with E-state index < -0.39 is 16.1 Å². The van der Waals surface area contributed by atoms with Crippen molar-refractivity contribution in [2.75, 3.05) is 37.4 Å². The Bertz CT molecular complexity index is 689. The summed E-state index contributed by atoms with van der Waals surface area (Å²) in [5.41, 5.74) is 0.332. The van der Waals surface area contributed by atoms with Crippen LogP contribution in [0.3, 0.4) is 0 Å². The molecule has 1 fully saturated rings. The zero-order chi connectivity index (χ0) is 17.7. The Labute approximate surface area is 146 Å². The largest absolute Gasteiger partial charge is 0.495 e. The third-order valence-electron chi connectivity index (χ3n) is 3.65. The van der Waals surface area contributed by atoms with E-state index in [4.69, 9.17) is 21.1 Å². The highest BCUT2D eigenvalue weighted by Crippen LogP contribution is 2.32. The molecule has 1 aromatic rings. The second-order valence-corrected chi connectivity index (χ2v) is 7.79. The number of nitrogens with zero attached hydrogens (tertiary/aromatic N) is 1. The predicted octanol–water partition coefficient (Wildman–Crippen LogP) is 1.41. The normalized spacial score (nSPS) is 17.5. The Morgan fingerprint density at radius 3 is 2.83 bits per heavy atom. The van der Waals surface area contributed by atoms with Gasteiger partial charge in [-0.15, -0.1) is 0 Å². The highest BCUT2D eigenvalue weighted by atomic mass is 35.5. The molecule has 1 atom stereocenters. The Morgan fingerprint density at radius 2 is 2.25 bits per heavy atom. The first-order valence-electron chi connectivity index (χ1n) is 7.53. The molecule has 9 heteroatoms. The molecule has 24 heavy (non-hydrogen) atoms. The first-order valence-corrected chi connectivity index (χ1v) is 9.76. The number of anilines is 1. The molecule has 0 aliphatic carbocycles. The van der Waals surface area contributed by atoms with Crippen molar-refractivity contribution in [3.8, 4) is 5.75 Å². The summed E-state index contributed by atoms with van der Waals surface area (Å²) >= 11 is 5.98. The van der Waals surface area contributed by atoms with Gasteiger partial charge in [0.2, 0.25) is 15.9 Å². The van der Waals surface area contributed by atoms with E-state index >= 15 is 0 Å². The Balaban J connectivity index is 2.09.